The van der Waals surface area contributed by atoms with Crippen LogP contribution in [0.5, 0.6) is 0 Å². The molecule has 0 spiro atoms. The van der Waals surface area contributed by atoms with Crippen LogP contribution in [0.4, 0.5) is 0 Å². The maximum absolute atomic E-state index is 12.7. The number of carbonyl (C=O) groups excluding carboxylic acids is 1. The van der Waals surface area contributed by atoms with Gasteiger partial charge in [0.05, 0.1) is 6.04 Å². The first-order chi connectivity index (χ1) is 10.2. The Balaban J connectivity index is 1.62. The zero-order valence-corrected chi connectivity index (χ0v) is 12.4. The number of hydrogen-bond acceptors (Lipinski definition) is 2. The summed E-state index contributed by atoms with van der Waals surface area (Å²) < 4.78 is 0. The van der Waals surface area contributed by atoms with Gasteiger partial charge in [-0.2, -0.15) is 0 Å². The first kappa shape index (κ1) is 12.9. The highest BCUT2D eigenvalue weighted by Crippen LogP contribution is 2.28. The number of aromatic amines is 1. The second-order valence-electron chi connectivity index (χ2n) is 6.34. The van der Waals surface area contributed by atoms with E-state index in [4.69, 9.17) is 0 Å². The van der Waals surface area contributed by atoms with Gasteiger partial charge in [0.15, 0.2) is 0 Å². The van der Waals surface area contributed by atoms with Gasteiger partial charge in [-0.1, -0.05) is 25.1 Å². The van der Waals surface area contributed by atoms with E-state index in [2.05, 4.69) is 41.5 Å². The van der Waals surface area contributed by atoms with Crippen LogP contribution in [0.3, 0.4) is 0 Å². The van der Waals surface area contributed by atoms with E-state index < -0.39 is 0 Å². The Morgan fingerprint density at radius 3 is 3.00 bits per heavy atom. The van der Waals surface area contributed by atoms with Crippen LogP contribution in [0.25, 0.3) is 10.9 Å². The maximum Gasteiger partial charge on any atom is 0.240 e. The van der Waals surface area contributed by atoms with Crippen molar-refractivity contribution in [1.82, 2.24) is 15.2 Å². The van der Waals surface area contributed by atoms with E-state index in [1.165, 1.54) is 22.2 Å². The van der Waals surface area contributed by atoms with E-state index in [1.54, 1.807) is 0 Å². The van der Waals surface area contributed by atoms with Gasteiger partial charge >= 0.3 is 0 Å². The highest BCUT2D eigenvalue weighted by Gasteiger charge is 2.34. The molecule has 0 saturated carbocycles. The average molecular weight is 283 g/mol. The number of fused-ring (bicyclic) bond motifs is 3. The predicted octanol–water partition coefficient (Wildman–Crippen LogP) is 2.05. The van der Waals surface area contributed by atoms with Crippen molar-refractivity contribution in [2.75, 3.05) is 13.1 Å². The number of nitrogens with zero attached hydrogens (tertiary/aromatic N) is 1. The van der Waals surface area contributed by atoms with Crippen LogP contribution in [-0.2, 0) is 17.8 Å². The van der Waals surface area contributed by atoms with Gasteiger partial charge in [-0.3, -0.25) is 4.79 Å². The van der Waals surface area contributed by atoms with Crippen LogP contribution in [0.15, 0.2) is 24.3 Å². The topological polar surface area (TPSA) is 48.1 Å². The third kappa shape index (κ3) is 2.05. The van der Waals surface area contributed by atoms with Crippen molar-refractivity contribution in [3.63, 3.8) is 0 Å². The maximum atomic E-state index is 12.7. The fourth-order valence-corrected chi connectivity index (χ4v) is 3.72. The molecule has 110 valence electrons. The zero-order chi connectivity index (χ0) is 14.4. The van der Waals surface area contributed by atoms with Crippen LogP contribution in [0.1, 0.15) is 24.6 Å². The molecule has 2 N–H and O–H groups in total. The largest absolute Gasteiger partial charge is 0.358 e. The fourth-order valence-electron chi connectivity index (χ4n) is 3.72. The minimum absolute atomic E-state index is 0.0109. The van der Waals surface area contributed by atoms with Crippen LogP contribution < -0.4 is 5.32 Å². The van der Waals surface area contributed by atoms with E-state index in [9.17, 15) is 4.79 Å². The van der Waals surface area contributed by atoms with Crippen LogP contribution in [-0.4, -0.2) is 34.9 Å². The smallest absolute Gasteiger partial charge is 0.240 e. The first-order valence-corrected chi connectivity index (χ1v) is 7.84. The number of nitrogens with one attached hydrogen (secondary N) is 2. The van der Waals surface area contributed by atoms with Gasteiger partial charge in [0.1, 0.15) is 0 Å². The molecular formula is C17H21N3O. The molecule has 3 heterocycles. The molecular weight excluding hydrogens is 262 g/mol. The van der Waals surface area contributed by atoms with Gasteiger partial charge in [-0.05, 0) is 24.9 Å². The quantitative estimate of drug-likeness (QED) is 0.841. The number of benzene rings is 1. The Morgan fingerprint density at radius 2 is 2.19 bits per heavy atom. The summed E-state index contributed by atoms with van der Waals surface area (Å²) in [5.41, 5.74) is 3.78. The average Bonchev–Trinajstić information content (AvgIpc) is 3.09. The summed E-state index contributed by atoms with van der Waals surface area (Å²) in [5.74, 6) is 0.720. The molecule has 1 fully saturated rings. The van der Waals surface area contributed by atoms with Crippen molar-refractivity contribution < 1.29 is 4.79 Å². The monoisotopic (exact) mass is 283 g/mol. The van der Waals surface area contributed by atoms with Crippen LogP contribution in [0.2, 0.25) is 0 Å². The summed E-state index contributed by atoms with van der Waals surface area (Å²) >= 11 is 0. The fraction of sp³-hybridized carbons (Fsp3) is 0.471. The lowest BCUT2D eigenvalue weighted by Gasteiger charge is -2.30. The summed E-state index contributed by atoms with van der Waals surface area (Å²) in [6, 6.07) is 8.39. The van der Waals surface area contributed by atoms with Gasteiger partial charge in [0.25, 0.3) is 0 Å². The Bertz CT molecular complexity index is 690. The Morgan fingerprint density at radius 1 is 1.33 bits per heavy atom. The number of rotatable bonds is 1. The lowest BCUT2D eigenvalue weighted by Crippen LogP contribution is -2.47. The molecule has 0 aliphatic carbocycles. The van der Waals surface area contributed by atoms with E-state index in [0.29, 0.717) is 5.92 Å². The molecule has 21 heavy (non-hydrogen) atoms. The van der Waals surface area contributed by atoms with Crippen molar-refractivity contribution in [3.8, 4) is 0 Å². The summed E-state index contributed by atoms with van der Waals surface area (Å²) in [5, 5.41) is 4.62. The Labute approximate surface area is 124 Å². The minimum Gasteiger partial charge on any atom is -0.358 e. The SMILES string of the molecule is CC1CCNC1C(=O)N1CCc2[nH]c3ccccc3c2C1. The number of para-hydroxylation sites is 1. The summed E-state index contributed by atoms with van der Waals surface area (Å²) in [4.78, 5) is 18.3. The number of amides is 1. The van der Waals surface area contributed by atoms with E-state index in [1.807, 2.05) is 4.90 Å². The Kier molecular flexibility index (Phi) is 3.00. The van der Waals surface area contributed by atoms with Gasteiger partial charge in [0.2, 0.25) is 5.91 Å². The normalized spacial score (nSPS) is 25.3. The highest BCUT2D eigenvalue weighted by atomic mass is 16.2. The minimum atomic E-state index is 0.0109. The molecule has 4 heteroatoms. The molecule has 1 aromatic heterocycles. The van der Waals surface area contributed by atoms with E-state index in [-0.39, 0.29) is 11.9 Å². The molecule has 2 unspecified atom stereocenters. The number of hydrogen-bond donors (Lipinski definition) is 2. The third-order valence-corrected chi connectivity index (χ3v) is 4.99. The third-order valence-electron chi connectivity index (χ3n) is 4.99. The number of aromatic nitrogens is 1. The summed E-state index contributed by atoms with van der Waals surface area (Å²) in [7, 11) is 0. The highest BCUT2D eigenvalue weighted by molar-refractivity contribution is 5.87. The van der Waals surface area contributed by atoms with Crippen molar-refractivity contribution in [3.05, 3.63) is 35.5 Å². The predicted molar refractivity (Wildman–Crippen MR) is 83.0 cm³/mol. The van der Waals surface area contributed by atoms with E-state index in [0.717, 1.165) is 32.5 Å². The van der Waals surface area contributed by atoms with Gasteiger partial charge in [-0.25, -0.2) is 0 Å². The molecule has 4 rings (SSSR count). The molecule has 0 bridgehead atoms. The standard InChI is InChI=1S/C17H21N3O/c1-11-6-8-18-16(11)17(21)20-9-7-15-13(10-20)12-4-2-3-5-14(12)19-15/h2-5,11,16,18-19H,6-10H2,1H3. The summed E-state index contributed by atoms with van der Waals surface area (Å²) in [6.07, 6.45) is 2.03. The molecule has 0 radical (unpaired) electrons. The number of carbonyl (C=O) groups is 1. The molecule has 2 atom stereocenters. The molecule has 1 aromatic carbocycles. The molecule has 1 saturated heterocycles. The van der Waals surface area contributed by atoms with Gasteiger partial charge < -0.3 is 15.2 Å². The van der Waals surface area contributed by atoms with Gasteiger partial charge in [-0.15, -0.1) is 0 Å². The van der Waals surface area contributed by atoms with E-state index >= 15 is 0 Å². The lowest BCUT2D eigenvalue weighted by atomic mass is 9.99. The van der Waals surface area contributed by atoms with Gasteiger partial charge in [0, 0.05) is 41.7 Å². The summed E-state index contributed by atoms with van der Waals surface area (Å²) in [6.45, 7) is 4.69. The van der Waals surface area contributed by atoms with Crippen LogP contribution in [0, 0.1) is 5.92 Å². The van der Waals surface area contributed by atoms with Crippen molar-refractivity contribution >= 4 is 16.8 Å². The second-order valence-corrected chi connectivity index (χ2v) is 6.34. The first-order valence-electron chi connectivity index (χ1n) is 7.84. The number of H-pyrrole nitrogens is 1. The molecule has 2 aromatic rings. The molecule has 2 aliphatic heterocycles. The van der Waals surface area contributed by atoms with Crippen molar-refractivity contribution in [2.24, 2.45) is 5.92 Å². The lowest BCUT2D eigenvalue weighted by molar-refractivity contribution is -0.134. The second kappa shape index (κ2) is 4.88. The Hall–Kier alpha value is -1.81. The van der Waals surface area contributed by atoms with Crippen molar-refractivity contribution in [1.29, 1.82) is 0 Å². The molecule has 2 aliphatic rings. The molecule has 1 amide bonds. The molecule has 4 nitrogen and oxygen atoms in total. The van der Waals surface area contributed by atoms with Crippen molar-refractivity contribution in [2.45, 2.75) is 32.4 Å². The zero-order valence-electron chi connectivity index (χ0n) is 12.4. The van der Waals surface area contributed by atoms with Crippen LogP contribution >= 0.6 is 0 Å².